The molecule has 0 radical (unpaired) electrons. The zero-order valence-electron chi connectivity index (χ0n) is 17.8. The van der Waals surface area contributed by atoms with E-state index in [9.17, 15) is 0 Å². The number of halogens is 1. The van der Waals surface area contributed by atoms with Crippen molar-refractivity contribution in [1.82, 2.24) is 24.9 Å². The number of benzene rings is 2. The minimum absolute atomic E-state index is 0.715. The quantitative estimate of drug-likeness (QED) is 0.586. The van der Waals surface area contributed by atoms with Crippen LogP contribution in [-0.4, -0.2) is 65.9 Å². The average Bonchev–Trinajstić information content (AvgIpc) is 3.17. The lowest BCUT2D eigenvalue weighted by Gasteiger charge is -2.32. The van der Waals surface area contributed by atoms with Crippen molar-refractivity contribution in [1.29, 1.82) is 0 Å². The molecule has 0 aliphatic carbocycles. The molecule has 0 spiro atoms. The summed E-state index contributed by atoms with van der Waals surface area (Å²) < 4.78 is 1.94. The molecule has 1 N–H and O–H groups in total. The molecule has 0 bridgehead atoms. The summed E-state index contributed by atoms with van der Waals surface area (Å²) in [5.41, 5.74) is 5.60. The predicted molar refractivity (Wildman–Crippen MR) is 124 cm³/mol. The predicted octanol–water partition coefficient (Wildman–Crippen LogP) is 3.84. The Hall–Kier alpha value is -2.18. The zero-order chi connectivity index (χ0) is 20.9. The van der Waals surface area contributed by atoms with Gasteiger partial charge in [-0.25, -0.2) is 4.68 Å². The fourth-order valence-electron chi connectivity index (χ4n) is 3.89. The molecule has 158 valence electrons. The van der Waals surface area contributed by atoms with Gasteiger partial charge < -0.3 is 10.2 Å². The molecule has 6 heteroatoms. The van der Waals surface area contributed by atoms with E-state index in [1.807, 2.05) is 28.9 Å². The Morgan fingerprint density at radius 2 is 1.83 bits per heavy atom. The van der Waals surface area contributed by atoms with Crippen LogP contribution < -0.4 is 5.32 Å². The number of piperazine rings is 1. The van der Waals surface area contributed by atoms with Gasteiger partial charge in [0.2, 0.25) is 0 Å². The standard InChI is InChI=1S/C24H30ClN5/c1-19-6-3-4-9-23(19)24-20(17-26-10-11-29-14-12-28(2)13-15-29)18-30(27-24)22-8-5-7-21(25)16-22/h3-9,16,18,26H,10-15,17H2,1-2H3. The molecule has 1 aromatic heterocycles. The maximum Gasteiger partial charge on any atom is 0.0975 e. The monoisotopic (exact) mass is 423 g/mol. The normalized spacial score (nSPS) is 15.6. The van der Waals surface area contributed by atoms with Crippen LogP contribution in [0, 0.1) is 6.92 Å². The number of hydrogen-bond acceptors (Lipinski definition) is 4. The molecule has 30 heavy (non-hydrogen) atoms. The van der Waals surface area contributed by atoms with E-state index in [4.69, 9.17) is 16.7 Å². The number of hydrogen-bond donors (Lipinski definition) is 1. The number of nitrogens with one attached hydrogen (secondary N) is 1. The molecule has 0 atom stereocenters. The Labute approximate surface area is 184 Å². The van der Waals surface area contributed by atoms with E-state index < -0.39 is 0 Å². The number of rotatable bonds is 7. The van der Waals surface area contributed by atoms with E-state index in [1.54, 1.807) is 0 Å². The Morgan fingerprint density at radius 3 is 2.60 bits per heavy atom. The summed E-state index contributed by atoms with van der Waals surface area (Å²) in [5.74, 6) is 0. The summed E-state index contributed by atoms with van der Waals surface area (Å²) in [5, 5.41) is 9.28. The van der Waals surface area contributed by atoms with Crippen LogP contribution in [0.3, 0.4) is 0 Å². The largest absolute Gasteiger partial charge is 0.311 e. The van der Waals surface area contributed by atoms with Gasteiger partial charge >= 0.3 is 0 Å². The molecule has 4 rings (SSSR count). The lowest BCUT2D eigenvalue weighted by Crippen LogP contribution is -2.46. The number of nitrogens with zero attached hydrogens (tertiary/aromatic N) is 4. The molecule has 5 nitrogen and oxygen atoms in total. The van der Waals surface area contributed by atoms with E-state index in [2.05, 4.69) is 59.6 Å². The topological polar surface area (TPSA) is 36.3 Å². The van der Waals surface area contributed by atoms with Crippen LogP contribution in [0.1, 0.15) is 11.1 Å². The highest BCUT2D eigenvalue weighted by molar-refractivity contribution is 6.30. The molecule has 1 aliphatic heterocycles. The van der Waals surface area contributed by atoms with Crippen LogP contribution >= 0.6 is 11.6 Å². The van der Waals surface area contributed by atoms with Gasteiger partial charge in [0.1, 0.15) is 0 Å². The van der Waals surface area contributed by atoms with Crippen molar-refractivity contribution in [3.8, 4) is 16.9 Å². The molecule has 1 saturated heterocycles. The Kier molecular flexibility index (Phi) is 6.85. The molecule has 2 heterocycles. The molecule has 3 aromatic rings. The lowest BCUT2D eigenvalue weighted by molar-refractivity contribution is 0.154. The van der Waals surface area contributed by atoms with Gasteiger partial charge in [0.05, 0.1) is 11.4 Å². The third-order valence-corrected chi connectivity index (χ3v) is 6.01. The van der Waals surface area contributed by atoms with Crippen LogP contribution in [-0.2, 0) is 6.54 Å². The van der Waals surface area contributed by atoms with Crippen molar-refractivity contribution in [2.24, 2.45) is 0 Å². The first-order chi connectivity index (χ1) is 14.6. The minimum atomic E-state index is 0.715. The molecule has 2 aromatic carbocycles. The zero-order valence-corrected chi connectivity index (χ0v) is 18.6. The van der Waals surface area contributed by atoms with Gasteiger partial charge in [0.15, 0.2) is 0 Å². The van der Waals surface area contributed by atoms with Crippen molar-refractivity contribution in [2.75, 3.05) is 46.3 Å². The van der Waals surface area contributed by atoms with Crippen molar-refractivity contribution in [2.45, 2.75) is 13.5 Å². The van der Waals surface area contributed by atoms with Crippen LogP contribution in [0.2, 0.25) is 5.02 Å². The summed E-state index contributed by atoms with van der Waals surface area (Å²) in [4.78, 5) is 4.92. The van der Waals surface area contributed by atoms with E-state index in [-0.39, 0.29) is 0 Å². The second-order valence-electron chi connectivity index (χ2n) is 8.06. The smallest absolute Gasteiger partial charge is 0.0975 e. The van der Waals surface area contributed by atoms with Crippen molar-refractivity contribution >= 4 is 11.6 Å². The average molecular weight is 424 g/mol. The Bertz CT molecular complexity index is 975. The number of aromatic nitrogens is 2. The minimum Gasteiger partial charge on any atom is -0.311 e. The summed E-state index contributed by atoms with van der Waals surface area (Å²) in [6.07, 6.45) is 2.12. The van der Waals surface area contributed by atoms with Gasteiger partial charge in [-0.2, -0.15) is 5.10 Å². The van der Waals surface area contributed by atoms with Crippen molar-refractivity contribution in [3.05, 3.63) is 70.9 Å². The van der Waals surface area contributed by atoms with Crippen LogP contribution in [0.15, 0.2) is 54.7 Å². The van der Waals surface area contributed by atoms with Crippen LogP contribution in [0.25, 0.3) is 16.9 Å². The second-order valence-corrected chi connectivity index (χ2v) is 8.50. The van der Waals surface area contributed by atoms with E-state index in [1.165, 1.54) is 16.7 Å². The highest BCUT2D eigenvalue weighted by atomic mass is 35.5. The third kappa shape index (κ3) is 5.10. The van der Waals surface area contributed by atoms with Gasteiger partial charge in [-0.1, -0.05) is 41.9 Å². The summed E-state index contributed by atoms with van der Waals surface area (Å²) >= 11 is 6.21. The first kappa shape index (κ1) is 21.1. The summed E-state index contributed by atoms with van der Waals surface area (Å²) in [7, 11) is 2.19. The Morgan fingerprint density at radius 1 is 1.03 bits per heavy atom. The second kappa shape index (κ2) is 9.75. The van der Waals surface area contributed by atoms with Crippen LogP contribution in [0.5, 0.6) is 0 Å². The number of likely N-dealkylation sites (N-methyl/N-ethyl adjacent to an activating group) is 1. The third-order valence-electron chi connectivity index (χ3n) is 5.78. The van der Waals surface area contributed by atoms with Crippen LogP contribution in [0.4, 0.5) is 0 Å². The SMILES string of the molecule is Cc1ccccc1-c1nn(-c2cccc(Cl)c2)cc1CNCCN1CCN(C)CC1. The van der Waals surface area contributed by atoms with E-state index in [0.717, 1.165) is 57.2 Å². The molecular formula is C24H30ClN5. The molecule has 1 aliphatic rings. The Balaban J connectivity index is 1.50. The molecular weight excluding hydrogens is 394 g/mol. The van der Waals surface area contributed by atoms with Gasteiger partial charge in [-0.05, 0) is 37.7 Å². The fraction of sp³-hybridized carbons (Fsp3) is 0.375. The van der Waals surface area contributed by atoms with Crippen molar-refractivity contribution in [3.63, 3.8) is 0 Å². The molecule has 0 saturated carbocycles. The van der Waals surface area contributed by atoms with Gasteiger partial charge in [0, 0.05) is 68.2 Å². The number of aryl methyl sites for hydroxylation is 1. The summed E-state index contributed by atoms with van der Waals surface area (Å²) in [6.45, 7) is 9.60. The molecule has 1 fully saturated rings. The summed E-state index contributed by atoms with van der Waals surface area (Å²) in [6, 6.07) is 16.3. The van der Waals surface area contributed by atoms with Gasteiger partial charge in [0.25, 0.3) is 0 Å². The first-order valence-electron chi connectivity index (χ1n) is 10.6. The highest BCUT2D eigenvalue weighted by Crippen LogP contribution is 2.27. The van der Waals surface area contributed by atoms with Crippen molar-refractivity contribution < 1.29 is 0 Å². The van der Waals surface area contributed by atoms with E-state index >= 15 is 0 Å². The maximum absolute atomic E-state index is 6.21. The van der Waals surface area contributed by atoms with Gasteiger partial charge in [-0.3, -0.25) is 4.90 Å². The fourth-order valence-corrected chi connectivity index (χ4v) is 4.07. The van der Waals surface area contributed by atoms with E-state index in [0.29, 0.717) is 5.02 Å². The molecule has 0 amide bonds. The molecule has 0 unspecified atom stereocenters. The lowest BCUT2D eigenvalue weighted by atomic mass is 10.0. The first-order valence-corrected chi connectivity index (χ1v) is 11.0. The van der Waals surface area contributed by atoms with Gasteiger partial charge in [-0.15, -0.1) is 0 Å². The highest BCUT2D eigenvalue weighted by Gasteiger charge is 2.15. The maximum atomic E-state index is 6.21.